The minimum absolute atomic E-state index is 0.00511. The van der Waals surface area contributed by atoms with Crippen molar-refractivity contribution in [3.05, 3.63) is 12.5 Å². The maximum atomic E-state index is 13.8. The van der Waals surface area contributed by atoms with Gasteiger partial charge in [0.05, 0.1) is 24.9 Å². The number of carbonyl (C=O) groups excluding carboxylic acids is 3. The lowest BCUT2D eigenvalue weighted by Gasteiger charge is -2.30. The molecule has 2 rings (SSSR count). The molecule has 0 atom stereocenters. The third kappa shape index (κ3) is 8.85. The summed E-state index contributed by atoms with van der Waals surface area (Å²) in [7, 11) is -1.98. The fraction of sp³-hybridized carbons (Fsp3) is 0.667. The van der Waals surface area contributed by atoms with E-state index in [1.165, 1.54) is 19.6 Å². The third-order valence-electron chi connectivity index (χ3n) is 4.71. The number of imide groups is 3. The quantitative estimate of drug-likeness (QED) is 0.140. The summed E-state index contributed by atoms with van der Waals surface area (Å²) >= 11 is 1.14. The molecule has 2 aromatic rings. The zero-order valence-corrected chi connectivity index (χ0v) is 26.6. The van der Waals surface area contributed by atoms with Crippen LogP contribution >= 0.6 is 19.4 Å². The van der Waals surface area contributed by atoms with Crippen molar-refractivity contribution < 1.29 is 47.0 Å². The second-order valence-electron chi connectivity index (χ2n) is 10.4. The molecule has 0 aliphatic heterocycles. The number of amides is 3. The van der Waals surface area contributed by atoms with Gasteiger partial charge in [0, 0.05) is 10.2 Å². The molecular formula is C24H39N5O10PS+. The van der Waals surface area contributed by atoms with E-state index >= 15 is 0 Å². The number of hydrogen-bond donors (Lipinski definition) is 0. The molecule has 0 aliphatic carbocycles. The molecular weight excluding hydrogens is 581 g/mol. The highest BCUT2D eigenvalue weighted by molar-refractivity contribution is 8.04. The first kappa shape index (κ1) is 34.4. The lowest BCUT2D eigenvalue weighted by atomic mass is 10.2. The molecule has 0 unspecified atom stereocenters. The Morgan fingerprint density at radius 3 is 2.00 bits per heavy atom. The van der Waals surface area contributed by atoms with Crippen molar-refractivity contribution in [2.75, 3.05) is 38.2 Å². The zero-order chi connectivity index (χ0) is 31.1. The molecule has 0 saturated heterocycles. The van der Waals surface area contributed by atoms with Gasteiger partial charge in [-0.05, 0) is 55.4 Å². The molecule has 2 aromatic heterocycles. The zero-order valence-electron chi connectivity index (χ0n) is 24.9. The fourth-order valence-corrected chi connectivity index (χ4v) is 6.24. The van der Waals surface area contributed by atoms with E-state index in [0.717, 1.165) is 16.5 Å². The fourth-order valence-electron chi connectivity index (χ4n) is 3.17. The Hall–Kier alpha value is -2.78. The van der Waals surface area contributed by atoms with Gasteiger partial charge in [0.15, 0.2) is 0 Å². The number of nitrogens with zero attached hydrogens (tertiary/aromatic N) is 5. The molecule has 0 saturated carbocycles. The number of ether oxygens (including phenoxy) is 3. The highest BCUT2D eigenvalue weighted by atomic mass is 32.2. The van der Waals surface area contributed by atoms with Crippen LogP contribution in [0.25, 0.3) is 11.2 Å². The van der Waals surface area contributed by atoms with Gasteiger partial charge in [-0.3, -0.25) is 4.57 Å². The van der Waals surface area contributed by atoms with Crippen molar-refractivity contribution in [3.8, 4) is 0 Å². The lowest BCUT2D eigenvalue weighted by molar-refractivity contribution is 0.00146. The van der Waals surface area contributed by atoms with Gasteiger partial charge in [0.25, 0.3) is 0 Å². The molecule has 0 N–H and O–H groups in total. The molecule has 17 heteroatoms. The number of quaternary nitrogens is 1. The van der Waals surface area contributed by atoms with Crippen molar-refractivity contribution in [1.29, 1.82) is 0 Å². The molecule has 41 heavy (non-hydrogen) atoms. The van der Waals surface area contributed by atoms with Crippen LogP contribution < -0.4 is 9.32 Å². The van der Waals surface area contributed by atoms with Crippen molar-refractivity contribution in [3.63, 3.8) is 0 Å². The molecule has 0 aromatic carbocycles. The molecule has 0 bridgehead atoms. The topological polar surface area (TPSA) is 167 Å². The van der Waals surface area contributed by atoms with E-state index in [1.54, 1.807) is 55.4 Å². The average molecular weight is 621 g/mol. The molecule has 2 heterocycles. The minimum Gasteiger partial charge on any atom is -0.418 e. The molecule has 0 spiro atoms. The predicted octanol–water partition coefficient (Wildman–Crippen LogP) is 5.16. The molecule has 0 radical (unpaired) electrons. The summed E-state index contributed by atoms with van der Waals surface area (Å²) < 4.78 is 38.9. The van der Waals surface area contributed by atoms with Crippen LogP contribution in [-0.4, -0.2) is 87.3 Å². The summed E-state index contributed by atoms with van der Waals surface area (Å²) in [5, 5.41) is 0. The number of carbonyl (C=O) groups is 3. The van der Waals surface area contributed by atoms with Crippen LogP contribution in [0.3, 0.4) is 0 Å². The van der Waals surface area contributed by atoms with Crippen molar-refractivity contribution in [2.45, 2.75) is 66.6 Å². The van der Waals surface area contributed by atoms with E-state index in [9.17, 15) is 18.9 Å². The minimum atomic E-state index is -3.34. The Morgan fingerprint density at radius 2 is 1.51 bits per heavy atom. The summed E-state index contributed by atoms with van der Waals surface area (Å²) in [6.45, 7) is 12.9. The van der Waals surface area contributed by atoms with Crippen LogP contribution in [0.2, 0.25) is 0 Å². The third-order valence-corrected chi connectivity index (χ3v) is 8.46. The summed E-state index contributed by atoms with van der Waals surface area (Å²) in [6, 6.07) is 0. The van der Waals surface area contributed by atoms with Crippen LogP contribution in [0, 0.1) is 0 Å². The number of imidazole rings is 1. The van der Waals surface area contributed by atoms with Gasteiger partial charge < -0.3 is 28.1 Å². The summed E-state index contributed by atoms with van der Waals surface area (Å²) in [6.07, 6.45) is -1.53. The second kappa shape index (κ2) is 13.9. The number of thioether (sulfide) groups is 1. The first-order valence-electron chi connectivity index (χ1n) is 12.8. The Morgan fingerprint density at radius 1 is 0.951 bits per heavy atom. The van der Waals surface area contributed by atoms with Gasteiger partial charge in [-0.25, -0.2) is 4.98 Å². The lowest BCUT2D eigenvalue weighted by Crippen LogP contribution is -2.65. The van der Waals surface area contributed by atoms with Gasteiger partial charge in [0.2, 0.25) is 5.65 Å². The van der Waals surface area contributed by atoms with Gasteiger partial charge in [-0.1, -0.05) is 0 Å². The van der Waals surface area contributed by atoms with Crippen LogP contribution in [0.5, 0.6) is 0 Å². The second-order valence-corrected chi connectivity index (χ2v) is 13.9. The standard InChI is InChI=1S/C24H39N5O10PS/c1-10-36-40(33,37-11-2)16-41-13-12-35-20(30)29(21(31)38-23(3,4)5,22(32)39-24(6,7)8)19-25-14-17-18(27-19)28(34-9)15-26-17/h14-15H,10-13,16H2,1-9H3/q+1. The van der Waals surface area contributed by atoms with Gasteiger partial charge >= 0.3 is 31.8 Å². The van der Waals surface area contributed by atoms with Crippen molar-refractivity contribution >= 4 is 54.7 Å². The highest BCUT2D eigenvalue weighted by Gasteiger charge is 2.65. The van der Waals surface area contributed by atoms with Gasteiger partial charge in [-0.2, -0.15) is 29.1 Å². The molecule has 0 aliphatic rings. The Bertz CT molecular complexity index is 1240. The first-order chi connectivity index (χ1) is 19.0. The summed E-state index contributed by atoms with van der Waals surface area (Å²) in [4.78, 5) is 59.1. The van der Waals surface area contributed by atoms with E-state index in [-0.39, 0.29) is 42.2 Å². The number of aromatic nitrogens is 4. The van der Waals surface area contributed by atoms with E-state index < -0.39 is 47.5 Å². The van der Waals surface area contributed by atoms with Gasteiger partial charge in [-0.15, -0.1) is 11.8 Å². The number of hydrogen-bond acceptors (Lipinski definition) is 14. The van der Waals surface area contributed by atoms with Crippen LogP contribution in [0.4, 0.5) is 20.3 Å². The average Bonchev–Trinajstić information content (AvgIpc) is 3.25. The molecule has 230 valence electrons. The van der Waals surface area contributed by atoms with Crippen molar-refractivity contribution in [1.82, 2.24) is 24.2 Å². The van der Waals surface area contributed by atoms with Gasteiger partial charge in [0.1, 0.15) is 36.8 Å². The molecule has 15 nitrogen and oxygen atoms in total. The smallest absolute Gasteiger partial charge is 0.418 e. The molecule has 0 fully saturated rings. The maximum Gasteiger partial charge on any atom is 0.546 e. The van der Waals surface area contributed by atoms with E-state index in [0.29, 0.717) is 0 Å². The van der Waals surface area contributed by atoms with E-state index in [1.807, 2.05) is 0 Å². The van der Waals surface area contributed by atoms with Crippen LogP contribution in [0.15, 0.2) is 12.5 Å². The Kier molecular flexibility index (Phi) is 11.7. The number of fused-ring (bicyclic) bond motifs is 1. The van der Waals surface area contributed by atoms with E-state index in [2.05, 4.69) is 15.0 Å². The summed E-state index contributed by atoms with van der Waals surface area (Å²) in [5.41, 5.74) is -1.92. The molecule has 3 amide bonds. The van der Waals surface area contributed by atoms with Crippen LogP contribution in [-0.2, 0) is 27.8 Å². The monoisotopic (exact) mass is 620 g/mol. The Balaban J connectivity index is 2.52. The van der Waals surface area contributed by atoms with Crippen LogP contribution in [0.1, 0.15) is 55.4 Å². The summed E-state index contributed by atoms with van der Waals surface area (Å²) in [5.74, 6) is -0.468. The largest absolute Gasteiger partial charge is 0.546 e. The Labute approximate surface area is 243 Å². The highest BCUT2D eigenvalue weighted by Crippen LogP contribution is 2.50. The SMILES string of the molecule is CCOP(=O)(CSCCOC(=O)[N+](C(=O)OC(C)(C)C)(C(=O)OC(C)(C)C)c1ncc2ncn(OC)c2n1)OCC. The first-order valence-corrected chi connectivity index (χ1v) is 15.7. The maximum absolute atomic E-state index is 13.8. The van der Waals surface area contributed by atoms with E-state index in [4.69, 9.17) is 28.1 Å². The van der Waals surface area contributed by atoms with Crippen molar-refractivity contribution in [2.24, 2.45) is 0 Å². The number of rotatable bonds is 11. The normalized spacial score (nSPS) is 12.7. The predicted molar refractivity (Wildman–Crippen MR) is 152 cm³/mol.